The molecule has 0 saturated carbocycles. The Labute approximate surface area is 137 Å². The van der Waals surface area contributed by atoms with E-state index in [1.165, 1.54) is 4.80 Å². The standard InChI is InChI=1S/C17H13N5O2/c1-11-15(20-22(19-11)13-7-3-2-4-8-13)17-18-16(21-24-17)12-6-5-9-14(23)10-12/h2-10,23H,1H3. The number of aromatic nitrogens is 5. The first-order valence-electron chi connectivity index (χ1n) is 7.33. The number of aromatic hydroxyl groups is 1. The van der Waals surface area contributed by atoms with E-state index in [-0.39, 0.29) is 11.6 Å². The normalized spacial score (nSPS) is 10.9. The third-order valence-electron chi connectivity index (χ3n) is 3.50. The minimum absolute atomic E-state index is 0.144. The maximum absolute atomic E-state index is 9.56. The molecule has 0 saturated heterocycles. The predicted octanol–water partition coefficient (Wildman–Crippen LogP) is 3.00. The van der Waals surface area contributed by atoms with Crippen LogP contribution in [0.3, 0.4) is 0 Å². The molecule has 0 unspecified atom stereocenters. The zero-order chi connectivity index (χ0) is 16.5. The number of phenolic OH excluding ortho intramolecular Hbond substituents is 1. The molecule has 0 aliphatic rings. The van der Waals surface area contributed by atoms with E-state index in [9.17, 15) is 5.11 Å². The Morgan fingerprint density at radius 1 is 1.00 bits per heavy atom. The zero-order valence-corrected chi connectivity index (χ0v) is 12.8. The molecule has 7 heteroatoms. The minimum atomic E-state index is 0.144. The van der Waals surface area contributed by atoms with E-state index in [2.05, 4.69) is 20.3 Å². The van der Waals surface area contributed by atoms with Crippen molar-refractivity contribution in [2.24, 2.45) is 0 Å². The second kappa shape index (κ2) is 5.62. The molecule has 4 rings (SSSR count). The van der Waals surface area contributed by atoms with Crippen LogP contribution in [-0.4, -0.2) is 30.2 Å². The molecular weight excluding hydrogens is 306 g/mol. The van der Waals surface area contributed by atoms with Crippen LogP contribution in [0.2, 0.25) is 0 Å². The summed E-state index contributed by atoms with van der Waals surface area (Å²) in [5, 5.41) is 22.3. The Bertz CT molecular complexity index is 991. The van der Waals surface area contributed by atoms with Crippen LogP contribution in [-0.2, 0) is 0 Å². The molecule has 0 amide bonds. The summed E-state index contributed by atoms with van der Waals surface area (Å²) in [4.78, 5) is 5.89. The van der Waals surface area contributed by atoms with Crippen molar-refractivity contribution in [3.63, 3.8) is 0 Å². The highest BCUT2D eigenvalue weighted by Crippen LogP contribution is 2.25. The van der Waals surface area contributed by atoms with Crippen molar-refractivity contribution in [3.05, 3.63) is 60.3 Å². The molecule has 1 N–H and O–H groups in total. The number of hydrogen-bond acceptors (Lipinski definition) is 6. The van der Waals surface area contributed by atoms with Crippen LogP contribution in [0.5, 0.6) is 5.75 Å². The molecule has 7 nitrogen and oxygen atoms in total. The van der Waals surface area contributed by atoms with Crippen molar-refractivity contribution in [1.29, 1.82) is 0 Å². The van der Waals surface area contributed by atoms with E-state index in [1.54, 1.807) is 24.3 Å². The maximum atomic E-state index is 9.56. The summed E-state index contributed by atoms with van der Waals surface area (Å²) in [5.74, 6) is 0.813. The van der Waals surface area contributed by atoms with Crippen LogP contribution in [0, 0.1) is 6.92 Å². The van der Waals surface area contributed by atoms with Gasteiger partial charge in [0.15, 0.2) is 5.69 Å². The van der Waals surface area contributed by atoms with Gasteiger partial charge in [-0.1, -0.05) is 35.5 Å². The van der Waals surface area contributed by atoms with Crippen molar-refractivity contribution < 1.29 is 9.63 Å². The Kier molecular flexibility index (Phi) is 3.31. The van der Waals surface area contributed by atoms with Gasteiger partial charge < -0.3 is 9.63 Å². The lowest BCUT2D eigenvalue weighted by Gasteiger charge is -1.96. The van der Waals surface area contributed by atoms with Crippen LogP contribution in [0.1, 0.15) is 5.69 Å². The largest absolute Gasteiger partial charge is 0.508 e. The zero-order valence-electron chi connectivity index (χ0n) is 12.8. The lowest BCUT2D eigenvalue weighted by Crippen LogP contribution is -1.98. The van der Waals surface area contributed by atoms with Gasteiger partial charge in [-0.15, -0.1) is 5.10 Å². The van der Waals surface area contributed by atoms with Gasteiger partial charge in [0, 0.05) is 5.56 Å². The predicted molar refractivity (Wildman–Crippen MR) is 86.5 cm³/mol. The van der Waals surface area contributed by atoms with Crippen molar-refractivity contribution in [3.8, 4) is 34.4 Å². The summed E-state index contributed by atoms with van der Waals surface area (Å²) in [7, 11) is 0. The van der Waals surface area contributed by atoms with Crippen LogP contribution >= 0.6 is 0 Å². The van der Waals surface area contributed by atoms with E-state index in [0.29, 0.717) is 22.8 Å². The molecule has 0 spiro atoms. The summed E-state index contributed by atoms with van der Waals surface area (Å²) in [6.07, 6.45) is 0. The molecule has 24 heavy (non-hydrogen) atoms. The molecule has 0 bridgehead atoms. The summed E-state index contributed by atoms with van der Waals surface area (Å²) in [6.45, 7) is 1.83. The highest BCUT2D eigenvalue weighted by Gasteiger charge is 2.18. The lowest BCUT2D eigenvalue weighted by atomic mass is 10.2. The molecule has 0 radical (unpaired) electrons. The number of para-hydroxylation sites is 1. The monoisotopic (exact) mass is 319 g/mol. The molecule has 2 aromatic carbocycles. The topological polar surface area (TPSA) is 89.9 Å². The van der Waals surface area contributed by atoms with E-state index in [1.807, 2.05) is 37.3 Å². The van der Waals surface area contributed by atoms with Gasteiger partial charge in [-0.05, 0) is 31.2 Å². The second-order valence-corrected chi connectivity index (χ2v) is 5.23. The van der Waals surface area contributed by atoms with Crippen molar-refractivity contribution >= 4 is 0 Å². The highest BCUT2D eigenvalue weighted by atomic mass is 16.5. The van der Waals surface area contributed by atoms with E-state index >= 15 is 0 Å². The van der Waals surface area contributed by atoms with Crippen LogP contribution in [0.4, 0.5) is 0 Å². The lowest BCUT2D eigenvalue weighted by molar-refractivity contribution is 0.430. The number of rotatable bonds is 3. The fraction of sp³-hybridized carbons (Fsp3) is 0.0588. The third kappa shape index (κ3) is 2.52. The van der Waals surface area contributed by atoms with Gasteiger partial charge in [0.2, 0.25) is 5.82 Å². The Balaban J connectivity index is 1.72. The van der Waals surface area contributed by atoms with Crippen LogP contribution in [0.25, 0.3) is 28.7 Å². The molecule has 0 aliphatic carbocycles. The first kappa shape index (κ1) is 14.1. The van der Waals surface area contributed by atoms with Gasteiger partial charge in [0.05, 0.1) is 11.4 Å². The number of aryl methyl sites for hydroxylation is 1. The number of benzene rings is 2. The maximum Gasteiger partial charge on any atom is 0.280 e. The number of nitrogens with zero attached hydrogens (tertiary/aromatic N) is 5. The van der Waals surface area contributed by atoms with Gasteiger partial charge in [-0.2, -0.15) is 14.9 Å². The van der Waals surface area contributed by atoms with Crippen molar-refractivity contribution in [1.82, 2.24) is 25.1 Å². The van der Waals surface area contributed by atoms with E-state index < -0.39 is 0 Å². The smallest absolute Gasteiger partial charge is 0.280 e. The van der Waals surface area contributed by atoms with Gasteiger partial charge in [-0.25, -0.2) is 0 Å². The molecule has 2 heterocycles. The Morgan fingerprint density at radius 2 is 1.83 bits per heavy atom. The second-order valence-electron chi connectivity index (χ2n) is 5.23. The number of phenols is 1. The Hall–Kier alpha value is -3.48. The molecule has 0 atom stereocenters. The number of hydrogen-bond donors (Lipinski definition) is 1. The van der Waals surface area contributed by atoms with Crippen LogP contribution < -0.4 is 0 Å². The average Bonchev–Trinajstić information content (AvgIpc) is 3.22. The highest BCUT2D eigenvalue weighted by molar-refractivity contribution is 5.60. The van der Waals surface area contributed by atoms with Crippen molar-refractivity contribution in [2.45, 2.75) is 6.92 Å². The third-order valence-corrected chi connectivity index (χ3v) is 3.50. The minimum Gasteiger partial charge on any atom is -0.508 e. The van der Waals surface area contributed by atoms with Gasteiger partial charge in [0.25, 0.3) is 5.89 Å². The van der Waals surface area contributed by atoms with Gasteiger partial charge in [-0.3, -0.25) is 0 Å². The molecule has 0 fully saturated rings. The summed E-state index contributed by atoms with van der Waals surface area (Å²) >= 11 is 0. The molecule has 4 aromatic rings. The first-order valence-corrected chi connectivity index (χ1v) is 7.33. The molecule has 2 aromatic heterocycles. The molecule has 0 aliphatic heterocycles. The molecular formula is C17H13N5O2. The Morgan fingerprint density at radius 3 is 2.62 bits per heavy atom. The van der Waals surface area contributed by atoms with Gasteiger partial charge in [0.1, 0.15) is 5.75 Å². The van der Waals surface area contributed by atoms with E-state index in [4.69, 9.17) is 4.52 Å². The SMILES string of the molecule is Cc1nn(-c2ccccc2)nc1-c1nc(-c2cccc(O)c2)no1. The summed E-state index contributed by atoms with van der Waals surface area (Å²) in [5.41, 5.74) is 2.72. The summed E-state index contributed by atoms with van der Waals surface area (Å²) in [6, 6.07) is 16.3. The average molecular weight is 319 g/mol. The van der Waals surface area contributed by atoms with Crippen molar-refractivity contribution in [2.75, 3.05) is 0 Å². The van der Waals surface area contributed by atoms with Gasteiger partial charge >= 0.3 is 0 Å². The first-order chi connectivity index (χ1) is 11.7. The summed E-state index contributed by atoms with van der Waals surface area (Å²) < 4.78 is 5.32. The fourth-order valence-electron chi connectivity index (χ4n) is 2.34. The molecule has 118 valence electrons. The van der Waals surface area contributed by atoms with Crippen LogP contribution in [0.15, 0.2) is 59.1 Å². The fourth-order valence-corrected chi connectivity index (χ4v) is 2.34. The van der Waals surface area contributed by atoms with E-state index in [0.717, 1.165) is 5.69 Å². The quantitative estimate of drug-likeness (QED) is 0.624.